The van der Waals surface area contributed by atoms with Gasteiger partial charge in [0.15, 0.2) is 0 Å². The zero-order valence-electron chi connectivity index (χ0n) is 21.4. The molecular formula is C28H34ClF3N4O2. The number of amides is 2. The number of likely N-dealkylation sites (tertiary alicyclic amines) is 1. The van der Waals surface area contributed by atoms with Crippen molar-refractivity contribution in [3.8, 4) is 11.1 Å². The topological polar surface area (TPSA) is 88.3 Å². The highest BCUT2D eigenvalue weighted by Crippen LogP contribution is 2.41. The smallest absolute Gasteiger partial charge is 0.368 e. The predicted molar refractivity (Wildman–Crippen MR) is 140 cm³/mol. The van der Waals surface area contributed by atoms with Gasteiger partial charge < -0.3 is 16.0 Å². The van der Waals surface area contributed by atoms with Gasteiger partial charge in [-0.1, -0.05) is 43.0 Å². The normalized spacial score (nSPS) is 20.3. The molecule has 1 aliphatic heterocycles. The Bertz CT molecular complexity index is 1150. The van der Waals surface area contributed by atoms with Gasteiger partial charge in [-0.15, -0.1) is 0 Å². The number of rotatable bonds is 8. The van der Waals surface area contributed by atoms with Gasteiger partial charge in [0, 0.05) is 29.8 Å². The number of hydrogen-bond donors (Lipinski definition) is 2. The Morgan fingerprint density at radius 2 is 1.87 bits per heavy atom. The Kier molecular flexibility index (Phi) is 8.98. The molecule has 1 aromatic carbocycles. The quantitative estimate of drug-likeness (QED) is 0.410. The number of nitrogens with two attached hydrogens (primary N) is 1. The van der Waals surface area contributed by atoms with Crippen LogP contribution in [0.15, 0.2) is 36.5 Å². The Balaban J connectivity index is 1.65. The lowest BCUT2D eigenvalue weighted by Crippen LogP contribution is -2.46. The largest absolute Gasteiger partial charge is 0.416 e. The molecule has 2 aromatic rings. The van der Waals surface area contributed by atoms with Crippen molar-refractivity contribution in [2.45, 2.75) is 69.6 Å². The standard InChI is InChI=1S/C28H34ClF3N4O2/c1-34-23(26(33)37)15-21(17-7-3-2-4-8-17)27(38)36-12-6-11-24(36)22-14-19(16-35-25(22)29)18-9-5-10-20(13-18)28(30,31)32/h5,9-10,13-14,16-17,21,23-24,34H,2-4,6-8,11-12,15H2,1H3,(H2,33,37). The van der Waals surface area contributed by atoms with Crippen molar-refractivity contribution < 1.29 is 22.8 Å². The summed E-state index contributed by atoms with van der Waals surface area (Å²) in [6, 6.07) is 5.87. The molecule has 10 heteroatoms. The first-order valence-corrected chi connectivity index (χ1v) is 13.6. The van der Waals surface area contributed by atoms with Gasteiger partial charge in [0.1, 0.15) is 5.15 Å². The Labute approximate surface area is 226 Å². The number of aromatic nitrogens is 1. The van der Waals surface area contributed by atoms with E-state index >= 15 is 0 Å². The van der Waals surface area contributed by atoms with Crippen LogP contribution < -0.4 is 11.1 Å². The second-order valence-electron chi connectivity index (χ2n) is 10.4. The molecule has 6 nitrogen and oxygen atoms in total. The first kappa shape index (κ1) is 28.4. The maximum absolute atomic E-state index is 14.1. The maximum Gasteiger partial charge on any atom is 0.416 e. The lowest BCUT2D eigenvalue weighted by Gasteiger charge is -2.36. The van der Waals surface area contributed by atoms with Crippen LogP contribution in [0.2, 0.25) is 5.15 Å². The van der Waals surface area contributed by atoms with Crippen LogP contribution in [0, 0.1) is 11.8 Å². The number of alkyl halides is 3. The molecule has 38 heavy (non-hydrogen) atoms. The van der Waals surface area contributed by atoms with Crippen molar-refractivity contribution in [3.05, 3.63) is 52.8 Å². The van der Waals surface area contributed by atoms with Gasteiger partial charge in [-0.3, -0.25) is 9.59 Å². The third-order valence-corrected chi connectivity index (χ3v) is 8.32. The number of nitrogens with one attached hydrogen (secondary N) is 1. The van der Waals surface area contributed by atoms with E-state index < -0.39 is 23.7 Å². The summed E-state index contributed by atoms with van der Waals surface area (Å²) in [7, 11) is 1.67. The Morgan fingerprint density at radius 3 is 2.53 bits per heavy atom. The van der Waals surface area contributed by atoms with Crippen molar-refractivity contribution in [2.75, 3.05) is 13.6 Å². The molecule has 2 heterocycles. The van der Waals surface area contributed by atoms with Crippen molar-refractivity contribution in [2.24, 2.45) is 17.6 Å². The first-order chi connectivity index (χ1) is 18.1. The minimum Gasteiger partial charge on any atom is -0.368 e. The molecule has 2 amide bonds. The van der Waals surface area contributed by atoms with E-state index in [0.717, 1.165) is 50.7 Å². The van der Waals surface area contributed by atoms with Crippen molar-refractivity contribution in [1.29, 1.82) is 0 Å². The van der Waals surface area contributed by atoms with Crippen molar-refractivity contribution in [1.82, 2.24) is 15.2 Å². The van der Waals surface area contributed by atoms with Crippen LogP contribution in [0.3, 0.4) is 0 Å². The summed E-state index contributed by atoms with van der Waals surface area (Å²) in [6.07, 6.45) is 3.85. The Morgan fingerprint density at radius 1 is 1.13 bits per heavy atom. The van der Waals surface area contributed by atoms with Gasteiger partial charge in [0.05, 0.1) is 17.6 Å². The zero-order valence-corrected chi connectivity index (χ0v) is 22.2. The number of hydrogen-bond acceptors (Lipinski definition) is 4. The molecule has 3 N–H and O–H groups in total. The molecule has 1 saturated heterocycles. The molecule has 0 bridgehead atoms. The van der Waals surface area contributed by atoms with E-state index in [1.807, 2.05) is 4.90 Å². The molecule has 1 saturated carbocycles. The van der Waals surface area contributed by atoms with E-state index in [-0.39, 0.29) is 28.9 Å². The summed E-state index contributed by atoms with van der Waals surface area (Å²) in [5, 5.41) is 3.18. The third-order valence-electron chi connectivity index (χ3n) is 8.00. The minimum atomic E-state index is -4.46. The van der Waals surface area contributed by atoms with Gasteiger partial charge >= 0.3 is 6.18 Å². The first-order valence-electron chi connectivity index (χ1n) is 13.2. The number of carbonyl (C=O) groups is 2. The molecule has 3 unspecified atom stereocenters. The van der Waals surface area contributed by atoms with E-state index in [9.17, 15) is 22.8 Å². The van der Waals surface area contributed by atoms with Gasteiger partial charge in [-0.2, -0.15) is 13.2 Å². The third kappa shape index (κ3) is 6.31. The van der Waals surface area contributed by atoms with Crippen molar-refractivity contribution >= 4 is 23.4 Å². The predicted octanol–water partition coefficient (Wildman–Crippen LogP) is 5.74. The highest BCUT2D eigenvalue weighted by molar-refractivity contribution is 6.30. The van der Waals surface area contributed by atoms with E-state index in [1.165, 1.54) is 12.3 Å². The minimum absolute atomic E-state index is 0.0264. The maximum atomic E-state index is 14.1. The van der Waals surface area contributed by atoms with Gasteiger partial charge in [-0.25, -0.2) is 4.98 Å². The number of carbonyl (C=O) groups excluding carboxylic acids is 2. The lowest BCUT2D eigenvalue weighted by atomic mass is 9.76. The van der Waals surface area contributed by atoms with Gasteiger partial charge in [0.25, 0.3) is 0 Å². The van der Waals surface area contributed by atoms with Crippen LogP contribution >= 0.6 is 11.6 Å². The van der Waals surface area contributed by atoms with Gasteiger partial charge in [0.2, 0.25) is 11.8 Å². The van der Waals surface area contributed by atoms with E-state index in [2.05, 4.69) is 10.3 Å². The van der Waals surface area contributed by atoms with Gasteiger partial charge in [-0.05, 0) is 68.8 Å². The number of halogens is 4. The summed E-state index contributed by atoms with van der Waals surface area (Å²) in [6.45, 7) is 0.539. The number of benzene rings is 1. The summed E-state index contributed by atoms with van der Waals surface area (Å²) in [4.78, 5) is 32.2. The molecule has 3 atom stereocenters. The fourth-order valence-electron chi connectivity index (χ4n) is 5.96. The average Bonchev–Trinajstić information content (AvgIpc) is 3.39. The van der Waals surface area contributed by atoms with E-state index in [4.69, 9.17) is 17.3 Å². The summed E-state index contributed by atoms with van der Waals surface area (Å²) in [5.41, 5.74) is 6.36. The fraction of sp³-hybridized carbons (Fsp3) is 0.536. The summed E-state index contributed by atoms with van der Waals surface area (Å²) >= 11 is 6.51. The molecule has 2 fully saturated rings. The fourth-order valence-corrected chi connectivity index (χ4v) is 6.19. The highest BCUT2D eigenvalue weighted by Gasteiger charge is 2.40. The van der Waals surface area contributed by atoms with E-state index in [1.54, 1.807) is 19.2 Å². The average molecular weight is 551 g/mol. The highest BCUT2D eigenvalue weighted by atomic mass is 35.5. The van der Waals surface area contributed by atoms with E-state index in [0.29, 0.717) is 36.1 Å². The SMILES string of the molecule is CNC(CC(C(=O)N1CCCC1c1cc(-c2cccc(C(F)(F)F)c2)cnc1Cl)C1CCCCC1)C(N)=O. The van der Waals surface area contributed by atoms with Crippen molar-refractivity contribution in [3.63, 3.8) is 0 Å². The molecular weight excluding hydrogens is 517 g/mol. The van der Waals surface area contributed by atoms with Crippen LogP contribution in [-0.4, -0.2) is 41.3 Å². The van der Waals surface area contributed by atoms with Crippen LogP contribution in [0.25, 0.3) is 11.1 Å². The van der Waals surface area contributed by atoms with Crippen LogP contribution in [0.1, 0.15) is 68.5 Å². The molecule has 0 radical (unpaired) electrons. The lowest BCUT2D eigenvalue weighted by molar-refractivity contribution is -0.140. The second kappa shape index (κ2) is 12.0. The number of likely N-dealkylation sites (N-methyl/N-ethyl adjacent to an activating group) is 1. The second-order valence-corrected chi connectivity index (χ2v) is 10.7. The van der Waals surface area contributed by atoms with Crippen LogP contribution in [0.5, 0.6) is 0 Å². The zero-order chi connectivity index (χ0) is 27.4. The Hall–Kier alpha value is -2.65. The number of nitrogens with zero attached hydrogens (tertiary/aromatic N) is 2. The molecule has 2 aliphatic rings. The van der Waals surface area contributed by atoms with Crippen LogP contribution in [0.4, 0.5) is 13.2 Å². The number of pyridine rings is 1. The summed E-state index contributed by atoms with van der Waals surface area (Å²) < 4.78 is 39.9. The van der Waals surface area contributed by atoms with Crippen LogP contribution in [-0.2, 0) is 15.8 Å². The molecule has 4 rings (SSSR count). The number of primary amides is 1. The summed E-state index contributed by atoms with van der Waals surface area (Å²) in [5.74, 6) is -0.710. The molecule has 206 valence electrons. The monoisotopic (exact) mass is 550 g/mol. The molecule has 1 aromatic heterocycles. The molecule has 1 aliphatic carbocycles. The molecule has 0 spiro atoms.